The van der Waals surface area contributed by atoms with Crippen LogP contribution in [0.4, 0.5) is 5.69 Å². The molecule has 3 aromatic carbocycles. The van der Waals surface area contributed by atoms with E-state index >= 15 is 0 Å². The number of hydrogen-bond acceptors (Lipinski definition) is 4. The van der Waals surface area contributed by atoms with Crippen LogP contribution in [0.25, 0.3) is 0 Å². The first-order valence-electron chi connectivity index (χ1n) is 11.0. The van der Waals surface area contributed by atoms with Crippen molar-refractivity contribution < 1.29 is 17.9 Å². The molecule has 3 aromatic rings. The average Bonchev–Trinajstić information content (AvgIpc) is 3.16. The Morgan fingerprint density at radius 3 is 2.52 bits per heavy atom. The molecule has 0 unspecified atom stereocenters. The maximum absolute atomic E-state index is 13.5. The van der Waals surface area contributed by atoms with Gasteiger partial charge in [-0.1, -0.05) is 36.4 Å². The molecule has 0 aromatic heterocycles. The number of carbonyl (C=O) groups is 1. The minimum Gasteiger partial charge on any atom is -0.494 e. The third kappa shape index (κ3) is 4.59. The zero-order valence-electron chi connectivity index (χ0n) is 19.1. The second-order valence-corrected chi connectivity index (χ2v) is 10.1. The van der Waals surface area contributed by atoms with Crippen molar-refractivity contribution in [2.75, 3.05) is 18.0 Å². The van der Waals surface area contributed by atoms with Crippen LogP contribution in [0.2, 0.25) is 0 Å². The molecule has 0 radical (unpaired) electrons. The van der Waals surface area contributed by atoms with E-state index in [1.165, 1.54) is 10.4 Å². The Morgan fingerprint density at radius 2 is 1.79 bits per heavy atom. The molecule has 7 heteroatoms. The van der Waals surface area contributed by atoms with Crippen LogP contribution < -0.4 is 9.04 Å². The number of hydrogen-bond donors (Lipinski definition) is 0. The molecule has 0 saturated heterocycles. The van der Waals surface area contributed by atoms with E-state index in [-0.39, 0.29) is 16.8 Å². The number of carbonyl (C=O) groups excluding carboxylic acids is 1. The van der Waals surface area contributed by atoms with Crippen molar-refractivity contribution in [1.82, 2.24) is 4.90 Å². The molecule has 1 heterocycles. The van der Waals surface area contributed by atoms with Gasteiger partial charge >= 0.3 is 0 Å². The first-order chi connectivity index (χ1) is 15.8. The maximum atomic E-state index is 13.5. The SMILES string of the molecule is CCOc1ccc(CN(C)C(=O)c2cccc(S(=O)(=O)N3c4ccccc4C[C@@H]3C)c2)cc1. The molecular formula is C26H28N2O4S. The van der Waals surface area contributed by atoms with Crippen molar-refractivity contribution >= 4 is 21.6 Å². The zero-order chi connectivity index (χ0) is 23.6. The van der Waals surface area contributed by atoms with Gasteiger partial charge in [-0.3, -0.25) is 9.10 Å². The molecule has 0 N–H and O–H groups in total. The Bertz CT molecular complexity index is 1260. The number of amides is 1. The highest BCUT2D eigenvalue weighted by Crippen LogP contribution is 2.36. The number of anilines is 1. The van der Waals surface area contributed by atoms with Crippen LogP contribution in [0.5, 0.6) is 5.75 Å². The molecule has 1 atom stereocenters. The van der Waals surface area contributed by atoms with Crippen LogP contribution in [0, 0.1) is 0 Å². The molecule has 4 rings (SSSR count). The number of ether oxygens (including phenoxy) is 1. The van der Waals surface area contributed by atoms with E-state index in [0.717, 1.165) is 16.9 Å². The van der Waals surface area contributed by atoms with E-state index in [4.69, 9.17) is 4.74 Å². The summed E-state index contributed by atoms with van der Waals surface area (Å²) >= 11 is 0. The third-order valence-electron chi connectivity index (χ3n) is 5.78. The highest BCUT2D eigenvalue weighted by atomic mass is 32.2. The number of fused-ring (bicyclic) bond motifs is 1. The van der Waals surface area contributed by atoms with Crippen LogP contribution in [0.15, 0.2) is 77.7 Å². The summed E-state index contributed by atoms with van der Waals surface area (Å²) in [4.78, 5) is 14.8. The van der Waals surface area contributed by atoms with E-state index in [0.29, 0.717) is 30.8 Å². The first kappa shape index (κ1) is 22.9. The fraction of sp³-hybridized carbons (Fsp3) is 0.269. The largest absolute Gasteiger partial charge is 0.494 e. The van der Waals surface area contributed by atoms with Crippen LogP contribution in [0.1, 0.15) is 35.3 Å². The van der Waals surface area contributed by atoms with Gasteiger partial charge in [-0.2, -0.15) is 0 Å². The number of para-hydroxylation sites is 1. The summed E-state index contributed by atoms with van der Waals surface area (Å²) < 4.78 is 34.0. The molecule has 0 saturated carbocycles. The molecule has 1 aliphatic heterocycles. The minimum absolute atomic E-state index is 0.117. The van der Waals surface area contributed by atoms with Gasteiger partial charge in [0.25, 0.3) is 15.9 Å². The molecular weight excluding hydrogens is 436 g/mol. The second-order valence-electron chi connectivity index (χ2n) is 8.25. The van der Waals surface area contributed by atoms with Crippen molar-refractivity contribution in [3.05, 3.63) is 89.5 Å². The van der Waals surface area contributed by atoms with Crippen LogP contribution >= 0.6 is 0 Å². The van der Waals surface area contributed by atoms with Crippen molar-refractivity contribution in [3.63, 3.8) is 0 Å². The van der Waals surface area contributed by atoms with Gasteiger partial charge in [-0.25, -0.2) is 8.42 Å². The minimum atomic E-state index is -3.80. The van der Waals surface area contributed by atoms with Gasteiger partial charge in [0, 0.05) is 25.2 Å². The lowest BCUT2D eigenvalue weighted by Crippen LogP contribution is -2.36. The van der Waals surface area contributed by atoms with Crippen LogP contribution in [-0.2, 0) is 23.0 Å². The summed E-state index contributed by atoms with van der Waals surface area (Å²) in [5.41, 5.74) is 3.01. The Balaban J connectivity index is 1.55. The third-order valence-corrected chi connectivity index (χ3v) is 7.71. The highest BCUT2D eigenvalue weighted by Gasteiger charge is 2.36. The summed E-state index contributed by atoms with van der Waals surface area (Å²) in [6, 6.07) is 21.2. The van der Waals surface area contributed by atoms with Gasteiger partial charge in [0.2, 0.25) is 0 Å². The van der Waals surface area contributed by atoms with Crippen molar-refractivity contribution in [2.24, 2.45) is 0 Å². The van der Waals surface area contributed by atoms with Gasteiger partial charge < -0.3 is 9.64 Å². The van der Waals surface area contributed by atoms with Crippen LogP contribution in [0.3, 0.4) is 0 Å². The summed E-state index contributed by atoms with van der Waals surface area (Å²) in [6.07, 6.45) is 0.666. The van der Waals surface area contributed by atoms with Crippen LogP contribution in [-0.4, -0.2) is 38.9 Å². The summed E-state index contributed by atoms with van der Waals surface area (Å²) in [6.45, 7) is 4.83. The standard InChI is InChI=1S/C26H28N2O4S/c1-4-32-23-14-12-20(13-15-23)18-27(3)26(29)22-9-7-10-24(17-22)33(30,31)28-19(2)16-21-8-5-6-11-25(21)28/h5-15,17,19H,4,16,18H2,1-3H3/t19-/m0/s1. The Kier molecular flexibility index (Phi) is 6.42. The van der Waals surface area contributed by atoms with Gasteiger partial charge in [0.1, 0.15) is 5.75 Å². The molecule has 6 nitrogen and oxygen atoms in total. The van der Waals surface area contributed by atoms with Gasteiger partial charge in [-0.15, -0.1) is 0 Å². The maximum Gasteiger partial charge on any atom is 0.264 e. The molecule has 0 bridgehead atoms. The normalized spacial score (nSPS) is 15.2. The lowest BCUT2D eigenvalue weighted by atomic mass is 10.1. The van der Waals surface area contributed by atoms with E-state index < -0.39 is 10.0 Å². The molecule has 33 heavy (non-hydrogen) atoms. The average molecular weight is 465 g/mol. The Morgan fingerprint density at radius 1 is 1.06 bits per heavy atom. The van der Waals surface area contributed by atoms with Gasteiger partial charge in [0.15, 0.2) is 0 Å². The number of rotatable bonds is 7. The lowest BCUT2D eigenvalue weighted by molar-refractivity contribution is 0.0785. The fourth-order valence-electron chi connectivity index (χ4n) is 4.23. The van der Waals surface area contributed by atoms with E-state index in [2.05, 4.69) is 0 Å². The van der Waals surface area contributed by atoms with E-state index in [9.17, 15) is 13.2 Å². The van der Waals surface area contributed by atoms with Gasteiger partial charge in [0.05, 0.1) is 17.2 Å². The smallest absolute Gasteiger partial charge is 0.264 e. The molecule has 1 aliphatic rings. The van der Waals surface area contributed by atoms with Crippen molar-refractivity contribution in [1.29, 1.82) is 0 Å². The Labute approximate surface area is 195 Å². The lowest BCUT2D eigenvalue weighted by Gasteiger charge is -2.25. The Hall–Kier alpha value is -3.32. The van der Waals surface area contributed by atoms with E-state index in [1.807, 2.05) is 62.4 Å². The summed E-state index contributed by atoms with van der Waals surface area (Å²) in [7, 11) is -2.10. The predicted octanol–water partition coefficient (Wildman–Crippen LogP) is 4.50. The molecule has 0 spiro atoms. The second kappa shape index (κ2) is 9.27. The monoisotopic (exact) mass is 464 g/mol. The quantitative estimate of drug-likeness (QED) is 0.516. The summed E-state index contributed by atoms with van der Waals surface area (Å²) in [5.74, 6) is 0.543. The summed E-state index contributed by atoms with van der Waals surface area (Å²) in [5, 5.41) is 0. The predicted molar refractivity (Wildman–Crippen MR) is 129 cm³/mol. The van der Waals surface area contributed by atoms with Gasteiger partial charge in [-0.05, 0) is 67.8 Å². The van der Waals surface area contributed by atoms with Crippen molar-refractivity contribution in [2.45, 2.75) is 37.8 Å². The highest BCUT2D eigenvalue weighted by molar-refractivity contribution is 7.92. The fourth-order valence-corrected chi connectivity index (χ4v) is 5.97. The first-order valence-corrected chi connectivity index (χ1v) is 12.4. The molecule has 0 aliphatic carbocycles. The zero-order valence-corrected chi connectivity index (χ0v) is 19.9. The number of benzene rings is 3. The molecule has 172 valence electrons. The van der Waals surface area contributed by atoms with Crippen molar-refractivity contribution in [3.8, 4) is 5.75 Å². The van der Waals surface area contributed by atoms with E-state index in [1.54, 1.807) is 30.1 Å². The number of nitrogens with zero attached hydrogens (tertiary/aromatic N) is 2. The topological polar surface area (TPSA) is 66.9 Å². The molecule has 0 fully saturated rings. The molecule has 1 amide bonds. The number of sulfonamides is 1.